The maximum atomic E-state index is 10.9. The summed E-state index contributed by atoms with van der Waals surface area (Å²) in [6, 6.07) is 3.53. The molecule has 0 spiro atoms. The van der Waals surface area contributed by atoms with E-state index in [2.05, 4.69) is 15.9 Å². The zero-order valence-corrected chi connectivity index (χ0v) is 9.98. The van der Waals surface area contributed by atoms with Gasteiger partial charge >= 0.3 is 0 Å². The van der Waals surface area contributed by atoms with Gasteiger partial charge in [0.15, 0.2) is 12.6 Å². The van der Waals surface area contributed by atoms with Crippen LogP contribution in [0.3, 0.4) is 0 Å². The molecule has 1 aromatic rings. The van der Waals surface area contributed by atoms with Crippen LogP contribution < -0.4 is 4.74 Å². The van der Waals surface area contributed by atoms with E-state index in [1.54, 1.807) is 6.07 Å². The van der Waals surface area contributed by atoms with Gasteiger partial charge in [-0.2, -0.15) is 0 Å². The molecule has 2 rings (SSSR count). The summed E-state index contributed by atoms with van der Waals surface area (Å²) in [5, 5.41) is 18.1. The quantitative estimate of drug-likeness (QED) is 0.635. The molecule has 1 atom stereocenters. The lowest BCUT2D eigenvalue weighted by Gasteiger charge is -2.28. The smallest absolute Gasteiger partial charge is 0.189 e. The fourth-order valence-electron chi connectivity index (χ4n) is 1.81. The van der Waals surface area contributed by atoms with Gasteiger partial charge in [-0.25, -0.2) is 0 Å². The van der Waals surface area contributed by atoms with Crippen molar-refractivity contribution >= 4 is 22.2 Å². The normalized spacial score (nSPS) is 19.1. The minimum atomic E-state index is -1.52. The number of aldehydes is 1. The van der Waals surface area contributed by atoms with Gasteiger partial charge in [0.1, 0.15) is 11.9 Å². The minimum Gasteiger partial charge on any atom is -0.484 e. The molecule has 1 heterocycles. The molecule has 0 aromatic heterocycles. The molecule has 16 heavy (non-hydrogen) atoms. The predicted octanol–water partition coefficient (Wildman–Crippen LogP) is 1.27. The lowest BCUT2D eigenvalue weighted by molar-refractivity contribution is -0.117. The third kappa shape index (κ3) is 2.11. The number of hydrogen-bond donors (Lipinski definition) is 2. The van der Waals surface area contributed by atoms with E-state index in [0.29, 0.717) is 30.4 Å². The Morgan fingerprint density at radius 3 is 2.88 bits per heavy atom. The van der Waals surface area contributed by atoms with Crippen LogP contribution in [0.25, 0.3) is 0 Å². The van der Waals surface area contributed by atoms with Crippen LogP contribution in [0.15, 0.2) is 16.6 Å². The zero-order chi connectivity index (χ0) is 11.7. The van der Waals surface area contributed by atoms with Crippen molar-refractivity contribution in [1.82, 2.24) is 0 Å². The van der Waals surface area contributed by atoms with E-state index in [0.717, 1.165) is 10.0 Å². The third-order valence-electron chi connectivity index (χ3n) is 2.59. The number of ether oxygens (including phenoxy) is 1. The highest BCUT2D eigenvalue weighted by atomic mass is 79.9. The van der Waals surface area contributed by atoms with E-state index >= 15 is 0 Å². The van der Waals surface area contributed by atoms with Gasteiger partial charge in [0, 0.05) is 4.47 Å². The maximum Gasteiger partial charge on any atom is 0.189 e. The van der Waals surface area contributed by atoms with Crippen LogP contribution in [-0.4, -0.2) is 28.9 Å². The number of aliphatic hydroxyl groups is 2. The Morgan fingerprint density at radius 1 is 1.50 bits per heavy atom. The highest BCUT2D eigenvalue weighted by molar-refractivity contribution is 9.10. The van der Waals surface area contributed by atoms with Gasteiger partial charge in [-0.1, -0.05) is 15.9 Å². The molecule has 4 nitrogen and oxygen atoms in total. The van der Waals surface area contributed by atoms with E-state index in [1.807, 2.05) is 6.07 Å². The number of carbonyl (C=O) groups excluding carboxylic acids is 1. The van der Waals surface area contributed by atoms with Crippen molar-refractivity contribution in [3.05, 3.63) is 27.7 Å². The van der Waals surface area contributed by atoms with E-state index < -0.39 is 12.4 Å². The fraction of sp³-hybridized carbons (Fsp3) is 0.364. The second-order valence-corrected chi connectivity index (χ2v) is 4.63. The van der Waals surface area contributed by atoms with E-state index in [1.165, 1.54) is 0 Å². The lowest BCUT2D eigenvalue weighted by atomic mass is 9.99. The fourth-order valence-corrected chi connectivity index (χ4v) is 2.33. The number of carbonyl (C=O) groups is 1. The first kappa shape index (κ1) is 11.6. The largest absolute Gasteiger partial charge is 0.484 e. The van der Waals surface area contributed by atoms with Crippen LogP contribution in [0.2, 0.25) is 0 Å². The Hall–Kier alpha value is -0.910. The number of aliphatic hydroxyl groups excluding tert-OH is 1. The highest BCUT2D eigenvalue weighted by Crippen LogP contribution is 2.33. The Labute approximate surface area is 101 Å². The van der Waals surface area contributed by atoms with Crippen molar-refractivity contribution in [3.63, 3.8) is 0 Å². The number of hydrogen-bond acceptors (Lipinski definition) is 4. The van der Waals surface area contributed by atoms with Crippen molar-refractivity contribution in [3.8, 4) is 5.75 Å². The molecule has 86 valence electrons. The zero-order valence-electron chi connectivity index (χ0n) is 8.39. The number of rotatable bonds is 2. The number of benzene rings is 1. The van der Waals surface area contributed by atoms with Crippen LogP contribution in [0.4, 0.5) is 0 Å². The average molecular weight is 287 g/mol. The molecule has 1 aliphatic rings. The van der Waals surface area contributed by atoms with Crippen molar-refractivity contribution in [2.24, 2.45) is 0 Å². The minimum absolute atomic E-state index is 0.426. The Balaban J connectivity index is 2.39. The lowest BCUT2D eigenvalue weighted by Crippen LogP contribution is -2.35. The summed E-state index contributed by atoms with van der Waals surface area (Å²) in [4.78, 5) is 10.9. The summed E-state index contributed by atoms with van der Waals surface area (Å²) < 4.78 is 6.24. The predicted molar refractivity (Wildman–Crippen MR) is 60.5 cm³/mol. The van der Waals surface area contributed by atoms with E-state index in [9.17, 15) is 4.79 Å². The maximum absolute atomic E-state index is 10.9. The molecular formula is C11H11BrO4. The SMILES string of the molecule is O=Cc1cc(Br)cc2c1OC(C(O)O)CC2. The molecule has 1 aliphatic heterocycles. The first-order chi connectivity index (χ1) is 7.61. The molecule has 0 aliphatic carbocycles. The van der Waals surface area contributed by atoms with Gasteiger partial charge in [-0.15, -0.1) is 0 Å². The summed E-state index contributed by atoms with van der Waals surface area (Å²) in [6.45, 7) is 0. The van der Waals surface area contributed by atoms with Gasteiger partial charge < -0.3 is 14.9 Å². The second-order valence-electron chi connectivity index (χ2n) is 3.71. The molecule has 1 aromatic carbocycles. The summed E-state index contributed by atoms with van der Waals surface area (Å²) in [6.07, 6.45) is -0.281. The summed E-state index contributed by atoms with van der Waals surface area (Å²) in [5.74, 6) is 0.461. The first-order valence-electron chi connectivity index (χ1n) is 4.92. The van der Waals surface area contributed by atoms with Gasteiger partial charge in [0.05, 0.1) is 5.56 Å². The monoisotopic (exact) mass is 286 g/mol. The van der Waals surface area contributed by atoms with Crippen LogP contribution in [-0.2, 0) is 6.42 Å². The van der Waals surface area contributed by atoms with Crippen LogP contribution >= 0.6 is 15.9 Å². The molecule has 0 bridgehead atoms. The number of halogens is 1. The standard InChI is InChI=1S/C11H11BrO4/c12-8-3-6-1-2-9(11(14)15)16-10(6)7(4-8)5-13/h3-5,9,11,14-15H,1-2H2. The Bertz CT molecular complexity index is 417. The summed E-state index contributed by atoms with van der Waals surface area (Å²) in [7, 11) is 0. The first-order valence-corrected chi connectivity index (χ1v) is 5.71. The second kappa shape index (κ2) is 4.53. The molecule has 0 amide bonds. The van der Waals surface area contributed by atoms with E-state index in [4.69, 9.17) is 14.9 Å². The average Bonchev–Trinajstić information content (AvgIpc) is 2.27. The third-order valence-corrected chi connectivity index (χ3v) is 3.04. The van der Waals surface area contributed by atoms with E-state index in [-0.39, 0.29) is 0 Å². The number of fused-ring (bicyclic) bond motifs is 1. The molecule has 0 saturated heterocycles. The van der Waals surface area contributed by atoms with Crippen LogP contribution in [0.1, 0.15) is 22.3 Å². The molecular weight excluding hydrogens is 276 g/mol. The Morgan fingerprint density at radius 2 is 2.25 bits per heavy atom. The summed E-state index contributed by atoms with van der Waals surface area (Å²) >= 11 is 3.31. The van der Waals surface area contributed by atoms with Gasteiger partial charge in [-0.3, -0.25) is 4.79 Å². The molecule has 1 unspecified atom stereocenters. The topological polar surface area (TPSA) is 66.8 Å². The molecule has 5 heteroatoms. The van der Waals surface area contributed by atoms with Crippen molar-refractivity contribution < 1.29 is 19.7 Å². The Kier molecular flexibility index (Phi) is 3.28. The highest BCUT2D eigenvalue weighted by Gasteiger charge is 2.26. The van der Waals surface area contributed by atoms with Gasteiger partial charge in [0.25, 0.3) is 0 Å². The molecule has 0 radical (unpaired) electrons. The molecule has 0 saturated carbocycles. The van der Waals surface area contributed by atoms with Gasteiger partial charge in [0.2, 0.25) is 0 Å². The number of aryl methyl sites for hydroxylation is 1. The van der Waals surface area contributed by atoms with Gasteiger partial charge in [-0.05, 0) is 30.5 Å². The molecule has 2 N–H and O–H groups in total. The van der Waals surface area contributed by atoms with Crippen molar-refractivity contribution in [1.29, 1.82) is 0 Å². The van der Waals surface area contributed by atoms with Crippen molar-refractivity contribution in [2.45, 2.75) is 25.2 Å². The van der Waals surface area contributed by atoms with Crippen molar-refractivity contribution in [2.75, 3.05) is 0 Å². The van der Waals surface area contributed by atoms with Crippen LogP contribution in [0.5, 0.6) is 5.75 Å². The summed E-state index contributed by atoms with van der Waals surface area (Å²) in [5.41, 5.74) is 1.34. The molecule has 0 fully saturated rings. The van der Waals surface area contributed by atoms with Crippen LogP contribution in [0, 0.1) is 0 Å².